The molecule has 0 aliphatic carbocycles. The lowest BCUT2D eigenvalue weighted by Gasteiger charge is -2.18. The summed E-state index contributed by atoms with van der Waals surface area (Å²) in [6.07, 6.45) is 1.97. The lowest BCUT2D eigenvalue weighted by atomic mass is 10.2. The number of hydrogen-bond donors (Lipinski definition) is 2. The Labute approximate surface area is 155 Å². The number of rotatable bonds is 10. The number of nitrogens with one attached hydrogen (secondary N) is 1. The first-order chi connectivity index (χ1) is 12.5. The quantitative estimate of drug-likeness (QED) is 0.612. The first-order valence-electron chi connectivity index (χ1n) is 8.70. The average Bonchev–Trinajstić information content (AvgIpc) is 2.61. The average molecular weight is 378 g/mol. The summed E-state index contributed by atoms with van der Waals surface area (Å²) in [6, 6.07) is 12.4. The van der Waals surface area contributed by atoms with E-state index < -0.39 is 10.0 Å². The summed E-state index contributed by atoms with van der Waals surface area (Å²) >= 11 is 0. The zero-order valence-electron chi connectivity index (χ0n) is 15.2. The minimum atomic E-state index is -3.97. The molecule has 0 heterocycles. The van der Waals surface area contributed by atoms with E-state index in [2.05, 4.69) is 12.2 Å². The Morgan fingerprint density at radius 1 is 1.12 bits per heavy atom. The van der Waals surface area contributed by atoms with Gasteiger partial charge in [0.05, 0.1) is 12.3 Å². The standard InChI is InChI=1S/C19H26N2O4S/c1-3-5-11-21-17-12-15(14-24-4-2)13-18(26(20,22)23)19(17)25-16-9-7-6-8-10-16/h6-10,12-13,21H,3-5,11,14H2,1-2H3,(H2,20,22,23). The maximum atomic E-state index is 12.2. The molecule has 6 nitrogen and oxygen atoms in total. The maximum Gasteiger partial charge on any atom is 0.241 e. The number of anilines is 1. The van der Waals surface area contributed by atoms with Gasteiger partial charge >= 0.3 is 0 Å². The van der Waals surface area contributed by atoms with Gasteiger partial charge in [-0.3, -0.25) is 0 Å². The monoisotopic (exact) mass is 378 g/mol. The van der Waals surface area contributed by atoms with Crippen LogP contribution in [0, 0.1) is 0 Å². The van der Waals surface area contributed by atoms with Crippen molar-refractivity contribution in [1.82, 2.24) is 0 Å². The van der Waals surface area contributed by atoms with E-state index in [-0.39, 0.29) is 10.6 Å². The van der Waals surface area contributed by atoms with Gasteiger partial charge in [0, 0.05) is 13.2 Å². The normalized spacial score (nSPS) is 11.3. The fourth-order valence-electron chi connectivity index (χ4n) is 2.42. The summed E-state index contributed by atoms with van der Waals surface area (Å²) in [5.74, 6) is 0.739. The molecule has 0 spiro atoms. The summed E-state index contributed by atoms with van der Waals surface area (Å²) in [4.78, 5) is -0.0578. The number of sulfonamides is 1. The summed E-state index contributed by atoms with van der Waals surface area (Å²) < 4.78 is 35.7. The van der Waals surface area contributed by atoms with Gasteiger partial charge in [0.2, 0.25) is 10.0 Å². The molecule has 0 atom stereocenters. The Morgan fingerprint density at radius 2 is 1.85 bits per heavy atom. The zero-order valence-corrected chi connectivity index (χ0v) is 16.0. The molecule has 0 aliphatic rings. The van der Waals surface area contributed by atoms with Crippen LogP contribution in [-0.2, 0) is 21.4 Å². The van der Waals surface area contributed by atoms with E-state index >= 15 is 0 Å². The molecule has 2 aromatic rings. The minimum absolute atomic E-state index is 0.0578. The molecule has 0 saturated carbocycles. The highest BCUT2D eigenvalue weighted by molar-refractivity contribution is 7.89. The third-order valence-electron chi connectivity index (χ3n) is 3.70. The van der Waals surface area contributed by atoms with Crippen LogP contribution in [0.25, 0.3) is 0 Å². The van der Waals surface area contributed by atoms with Crippen molar-refractivity contribution in [3.05, 3.63) is 48.0 Å². The van der Waals surface area contributed by atoms with E-state index in [9.17, 15) is 8.42 Å². The first-order valence-corrected chi connectivity index (χ1v) is 10.2. The van der Waals surface area contributed by atoms with E-state index in [4.69, 9.17) is 14.6 Å². The Bertz CT molecular complexity index is 808. The summed E-state index contributed by atoms with van der Waals surface area (Å²) in [6.45, 7) is 5.50. The number of primary sulfonamides is 1. The summed E-state index contributed by atoms with van der Waals surface area (Å²) in [5.41, 5.74) is 1.30. The van der Waals surface area contributed by atoms with Crippen molar-refractivity contribution in [1.29, 1.82) is 0 Å². The van der Waals surface area contributed by atoms with Crippen LogP contribution in [0.2, 0.25) is 0 Å². The first kappa shape index (κ1) is 20.2. The van der Waals surface area contributed by atoms with Crippen molar-refractivity contribution < 1.29 is 17.9 Å². The maximum absolute atomic E-state index is 12.2. The molecule has 0 saturated heterocycles. The SMILES string of the molecule is CCCCNc1cc(COCC)cc(S(N)(=O)=O)c1Oc1ccccc1. The molecule has 0 fully saturated rings. The second-order valence-corrected chi connectivity index (χ2v) is 7.38. The molecular weight excluding hydrogens is 352 g/mol. The van der Waals surface area contributed by atoms with Gasteiger partial charge < -0.3 is 14.8 Å². The molecule has 0 aromatic heterocycles. The Kier molecular flexibility index (Phi) is 7.44. The van der Waals surface area contributed by atoms with E-state index in [0.717, 1.165) is 18.4 Å². The van der Waals surface area contributed by atoms with E-state index in [0.29, 0.717) is 31.2 Å². The minimum Gasteiger partial charge on any atom is -0.454 e. The molecule has 2 rings (SSSR count). The molecule has 0 aliphatic heterocycles. The van der Waals surface area contributed by atoms with Crippen molar-refractivity contribution in [2.75, 3.05) is 18.5 Å². The van der Waals surface area contributed by atoms with Crippen molar-refractivity contribution in [2.45, 2.75) is 38.2 Å². The number of benzene rings is 2. The smallest absolute Gasteiger partial charge is 0.241 e. The molecule has 0 amide bonds. The molecule has 0 radical (unpaired) electrons. The van der Waals surface area contributed by atoms with Crippen LogP contribution in [0.5, 0.6) is 11.5 Å². The second kappa shape index (κ2) is 9.56. The predicted molar refractivity (Wildman–Crippen MR) is 103 cm³/mol. The van der Waals surface area contributed by atoms with Gasteiger partial charge in [-0.15, -0.1) is 0 Å². The Balaban J connectivity index is 2.51. The van der Waals surface area contributed by atoms with Crippen LogP contribution in [0.3, 0.4) is 0 Å². The van der Waals surface area contributed by atoms with Crippen LogP contribution in [0.15, 0.2) is 47.4 Å². The molecule has 3 N–H and O–H groups in total. The van der Waals surface area contributed by atoms with Crippen molar-refractivity contribution >= 4 is 15.7 Å². The van der Waals surface area contributed by atoms with Gasteiger partial charge in [0.1, 0.15) is 10.6 Å². The van der Waals surface area contributed by atoms with Gasteiger partial charge in [-0.25, -0.2) is 13.6 Å². The lowest BCUT2D eigenvalue weighted by molar-refractivity contribution is 0.134. The van der Waals surface area contributed by atoms with Crippen LogP contribution in [0.4, 0.5) is 5.69 Å². The lowest BCUT2D eigenvalue weighted by Crippen LogP contribution is -2.15. The third-order valence-corrected chi connectivity index (χ3v) is 4.62. The van der Waals surface area contributed by atoms with Gasteiger partial charge in [-0.2, -0.15) is 0 Å². The van der Waals surface area contributed by atoms with Gasteiger partial charge in [-0.05, 0) is 43.2 Å². The Morgan fingerprint density at radius 3 is 2.46 bits per heavy atom. The molecule has 0 unspecified atom stereocenters. The number of para-hydroxylation sites is 1. The Hall–Kier alpha value is -2.09. The number of unbranched alkanes of at least 4 members (excludes halogenated alkanes) is 1. The second-order valence-electron chi connectivity index (χ2n) is 5.85. The van der Waals surface area contributed by atoms with Crippen molar-refractivity contribution in [2.24, 2.45) is 5.14 Å². The van der Waals surface area contributed by atoms with Crippen LogP contribution < -0.4 is 15.2 Å². The van der Waals surface area contributed by atoms with Crippen molar-refractivity contribution in [3.63, 3.8) is 0 Å². The topological polar surface area (TPSA) is 90.6 Å². The van der Waals surface area contributed by atoms with Crippen molar-refractivity contribution in [3.8, 4) is 11.5 Å². The highest BCUT2D eigenvalue weighted by atomic mass is 32.2. The van der Waals surface area contributed by atoms with Crippen LogP contribution >= 0.6 is 0 Å². The number of ether oxygens (including phenoxy) is 2. The molecule has 0 bridgehead atoms. The van der Waals surface area contributed by atoms with E-state index in [1.54, 1.807) is 12.1 Å². The number of nitrogens with two attached hydrogens (primary N) is 1. The predicted octanol–water partition coefficient (Wildman–Crippen LogP) is 3.87. The van der Waals surface area contributed by atoms with Gasteiger partial charge in [-0.1, -0.05) is 31.5 Å². The zero-order chi connectivity index (χ0) is 19.0. The fraction of sp³-hybridized carbons (Fsp3) is 0.368. The van der Waals surface area contributed by atoms with Crippen LogP contribution in [-0.4, -0.2) is 21.6 Å². The van der Waals surface area contributed by atoms with Gasteiger partial charge in [0.25, 0.3) is 0 Å². The number of hydrogen-bond acceptors (Lipinski definition) is 5. The van der Waals surface area contributed by atoms with Gasteiger partial charge in [0.15, 0.2) is 5.75 Å². The van der Waals surface area contributed by atoms with E-state index in [1.807, 2.05) is 31.2 Å². The summed E-state index contributed by atoms with van der Waals surface area (Å²) in [5, 5.41) is 8.72. The molecule has 2 aromatic carbocycles. The molecule has 26 heavy (non-hydrogen) atoms. The highest BCUT2D eigenvalue weighted by Crippen LogP contribution is 2.37. The fourth-order valence-corrected chi connectivity index (χ4v) is 3.14. The highest BCUT2D eigenvalue weighted by Gasteiger charge is 2.21. The molecule has 142 valence electrons. The largest absolute Gasteiger partial charge is 0.454 e. The van der Waals surface area contributed by atoms with Crippen LogP contribution in [0.1, 0.15) is 32.3 Å². The summed E-state index contributed by atoms with van der Waals surface area (Å²) in [7, 11) is -3.97. The van der Waals surface area contributed by atoms with E-state index in [1.165, 1.54) is 6.07 Å². The molecule has 7 heteroatoms. The molecular formula is C19H26N2O4S. The third kappa shape index (κ3) is 5.72.